The minimum Gasteiger partial charge on any atom is -0.462 e. The van der Waals surface area contributed by atoms with Crippen molar-refractivity contribution < 1.29 is 37.6 Å². The molecule has 0 aromatic heterocycles. The second-order valence-electron chi connectivity index (χ2n) is 10.5. The van der Waals surface area contributed by atoms with Crippen LogP contribution in [-0.4, -0.2) is 43.3 Å². The van der Waals surface area contributed by atoms with Gasteiger partial charge in [0, 0.05) is 20.0 Å². The van der Waals surface area contributed by atoms with Gasteiger partial charge in [-0.3, -0.25) is 18.6 Å². The van der Waals surface area contributed by atoms with Crippen LogP contribution in [0.2, 0.25) is 0 Å². The average molecular weight is 651 g/mol. The van der Waals surface area contributed by atoms with Crippen LogP contribution in [0, 0.1) is 0 Å². The van der Waals surface area contributed by atoms with Gasteiger partial charge in [0.2, 0.25) is 0 Å². The van der Waals surface area contributed by atoms with E-state index >= 15 is 0 Å². The van der Waals surface area contributed by atoms with E-state index in [1.54, 1.807) is 0 Å². The number of unbranched alkanes of at least 4 members (excludes halogenated alkanes) is 6. The van der Waals surface area contributed by atoms with Crippen LogP contribution in [0.1, 0.15) is 117 Å². The Morgan fingerprint density at radius 1 is 0.622 bits per heavy atom. The van der Waals surface area contributed by atoms with Crippen LogP contribution < -0.4 is 0 Å². The van der Waals surface area contributed by atoms with Crippen molar-refractivity contribution in [3.63, 3.8) is 0 Å². The molecule has 1 N–H and O–H groups in total. The number of phosphoric acid groups is 1. The molecular weight excluding hydrogens is 591 g/mol. The molecule has 0 radical (unpaired) electrons. The number of carbonyl (C=O) groups is 2. The zero-order chi connectivity index (χ0) is 33.3. The summed E-state index contributed by atoms with van der Waals surface area (Å²) in [5.41, 5.74) is 0. The summed E-state index contributed by atoms with van der Waals surface area (Å²) in [7, 11) is -3.23. The lowest BCUT2D eigenvalue weighted by Gasteiger charge is -2.19. The minimum absolute atomic E-state index is 0.199. The summed E-state index contributed by atoms with van der Waals surface area (Å²) in [5.74, 6) is -0.885. The molecule has 0 saturated carbocycles. The van der Waals surface area contributed by atoms with E-state index in [2.05, 4.69) is 91.3 Å². The van der Waals surface area contributed by atoms with Gasteiger partial charge in [0.1, 0.15) is 6.61 Å². The highest BCUT2D eigenvalue weighted by Gasteiger charge is 2.24. The first-order chi connectivity index (χ1) is 21.8. The van der Waals surface area contributed by atoms with Crippen molar-refractivity contribution in [2.45, 2.75) is 123 Å². The van der Waals surface area contributed by atoms with Crippen molar-refractivity contribution in [2.24, 2.45) is 0 Å². The Morgan fingerprint density at radius 3 is 1.53 bits per heavy atom. The van der Waals surface area contributed by atoms with E-state index in [0.29, 0.717) is 12.8 Å². The maximum atomic E-state index is 12.4. The molecule has 45 heavy (non-hydrogen) atoms. The fraction of sp³-hybridized carbons (Fsp3) is 0.611. The molecule has 2 unspecified atom stereocenters. The Hall–Kier alpha value is -2.51. The Morgan fingerprint density at radius 2 is 1.07 bits per heavy atom. The third-order valence-corrected chi connectivity index (χ3v) is 7.38. The molecule has 0 aromatic carbocycles. The molecular formula is C36H59O8P. The van der Waals surface area contributed by atoms with Crippen LogP contribution in [0.3, 0.4) is 0 Å². The van der Waals surface area contributed by atoms with Crippen LogP contribution in [0.25, 0.3) is 0 Å². The van der Waals surface area contributed by atoms with Crippen LogP contribution in [0.15, 0.2) is 72.9 Å². The van der Waals surface area contributed by atoms with E-state index in [4.69, 9.17) is 14.0 Å². The topological polar surface area (TPSA) is 108 Å². The molecule has 0 bridgehead atoms. The number of hydrogen-bond donors (Lipinski definition) is 1. The molecule has 0 heterocycles. The first-order valence-corrected chi connectivity index (χ1v) is 18.1. The molecule has 2 atom stereocenters. The molecule has 0 fully saturated rings. The molecule has 0 aliphatic rings. The van der Waals surface area contributed by atoms with Gasteiger partial charge in [-0.25, -0.2) is 4.57 Å². The summed E-state index contributed by atoms with van der Waals surface area (Å²) in [6.07, 6.45) is 38.2. The minimum atomic E-state index is -4.27. The largest absolute Gasteiger partial charge is 0.472 e. The predicted octanol–water partition coefficient (Wildman–Crippen LogP) is 9.82. The molecule has 0 aliphatic carbocycles. The normalized spacial score (nSPS) is 14.5. The smallest absolute Gasteiger partial charge is 0.462 e. The number of hydrogen-bond acceptors (Lipinski definition) is 7. The average Bonchev–Trinajstić information content (AvgIpc) is 3.03. The maximum Gasteiger partial charge on any atom is 0.472 e. The lowest BCUT2D eigenvalue weighted by atomic mass is 10.1. The van der Waals surface area contributed by atoms with Crippen molar-refractivity contribution >= 4 is 19.8 Å². The number of phosphoric ester groups is 1. The van der Waals surface area contributed by atoms with Crippen molar-refractivity contribution in [1.29, 1.82) is 0 Å². The SMILES string of the molecule is CC/C=C\C/C=C\C/C=C\CCCCCC(=O)OCC(COP(=O)(O)OC)OC(=O)CCCCC/C=C\C/C=C\C/C=C\CC. The summed E-state index contributed by atoms with van der Waals surface area (Å²) in [6, 6.07) is 0. The van der Waals surface area contributed by atoms with Crippen molar-refractivity contribution in [3.05, 3.63) is 72.9 Å². The van der Waals surface area contributed by atoms with Gasteiger partial charge in [-0.1, -0.05) is 99.6 Å². The van der Waals surface area contributed by atoms with Gasteiger partial charge >= 0.3 is 19.8 Å². The van der Waals surface area contributed by atoms with Gasteiger partial charge in [-0.05, 0) is 77.0 Å². The molecule has 8 nitrogen and oxygen atoms in total. The summed E-state index contributed by atoms with van der Waals surface area (Å²) in [6.45, 7) is 3.56. The predicted molar refractivity (Wildman–Crippen MR) is 184 cm³/mol. The van der Waals surface area contributed by atoms with Gasteiger partial charge in [0.25, 0.3) is 0 Å². The van der Waals surface area contributed by atoms with Crippen LogP contribution in [0.4, 0.5) is 0 Å². The van der Waals surface area contributed by atoms with Crippen molar-refractivity contribution in [2.75, 3.05) is 20.3 Å². The Balaban J connectivity index is 4.25. The van der Waals surface area contributed by atoms with E-state index in [0.717, 1.165) is 84.2 Å². The van der Waals surface area contributed by atoms with Gasteiger partial charge < -0.3 is 14.4 Å². The molecule has 0 aromatic rings. The summed E-state index contributed by atoms with van der Waals surface area (Å²) in [4.78, 5) is 34.2. The summed E-state index contributed by atoms with van der Waals surface area (Å²) < 4.78 is 31.7. The van der Waals surface area contributed by atoms with E-state index in [1.807, 2.05) is 0 Å². The lowest BCUT2D eigenvalue weighted by molar-refractivity contribution is -0.161. The molecule has 0 spiro atoms. The van der Waals surface area contributed by atoms with Crippen molar-refractivity contribution in [1.82, 2.24) is 0 Å². The third-order valence-electron chi connectivity index (χ3n) is 6.45. The number of rotatable bonds is 29. The number of ether oxygens (including phenoxy) is 2. The highest BCUT2D eigenvalue weighted by molar-refractivity contribution is 7.47. The van der Waals surface area contributed by atoms with E-state index in [1.165, 1.54) is 0 Å². The molecule has 0 aliphatic heterocycles. The zero-order valence-corrected chi connectivity index (χ0v) is 28.9. The second kappa shape index (κ2) is 31.5. The summed E-state index contributed by atoms with van der Waals surface area (Å²) >= 11 is 0. The molecule has 9 heteroatoms. The fourth-order valence-electron chi connectivity index (χ4n) is 3.92. The zero-order valence-electron chi connectivity index (χ0n) is 28.0. The molecule has 256 valence electrons. The Bertz CT molecular complexity index is 964. The number of esters is 2. The fourth-order valence-corrected chi connectivity index (χ4v) is 4.38. The van der Waals surface area contributed by atoms with Crippen molar-refractivity contribution in [3.8, 4) is 0 Å². The first-order valence-electron chi connectivity index (χ1n) is 16.6. The second-order valence-corrected chi connectivity index (χ2v) is 12.1. The number of allylic oxidation sites excluding steroid dienone is 12. The van der Waals surface area contributed by atoms with E-state index < -0.39 is 32.5 Å². The molecule has 0 rings (SSSR count). The van der Waals surface area contributed by atoms with Gasteiger partial charge in [-0.15, -0.1) is 0 Å². The lowest BCUT2D eigenvalue weighted by Crippen LogP contribution is -2.29. The summed E-state index contributed by atoms with van der Waals surface area (Å²) in [5, 5.41) is 0. The van der Waals surface area contributed by atoms with Crippen LogP contribution in [-0.2, 0) is 32.7 Å². The van der Waals surface area contributed by atoms with Gasteiger partial charge in [-0.2, -0.15) is 0 Å². The van der Waals surface area contributed by atoms with E-state index in [-0.39, 0.29) is 19.4 Å². The highest BCUT2D eigenvalue weighted by Crippen LogP contribution is 2.42. The molecule has 0 saturated heterocycles. The van der Waals surface area contributed by atoms with Gasteiger partial charge in [0.15, 0.2) is 6.10 Å². The molecule has 0 amide bonds. The van der Waals surface area contributed by atoms with E-state index in [9.17, 15) is 19.0 Å². The first kappa shape index (κ1) is 42.5. The maximum absolute atomic E-state index is 12.4. The number of carbonyl (C=O) groups excluding carboxylic acids is 2. The van der Waals surface area contributed by atoms with Crippen LogP contribution in [0.5, 0.6) is 0 Å². The Kier molecular flexibility index (Phi) is 29.7. The van der Waals surface area contributed by atoms with Gasteiger partial charge in [0.05, 0.1) is 6.61 Å². The third kappa shape index (κ3) is 31.3. The quantitative estimate of drug-likeness (QED) is 0.0369. The monoisotopic (exact) mass is 650 g/mol. The standard InChI is InChI=1S/C36H59O8P/c1-4-6-8-10-12-14-16-18-20-22-24-26-28-30-35(37)42-32-34(33-43-45(39,40)41-3)44-36(38)31-29-27-25-23-21-19-17-15-13-11-9-7-5-2/h6-9,12-15,18-21,34H,4-5,10-11,16-17,22-33H2,1-3H3,(H,39,40)/b8-6-,9-7-,14-12-,15-13-,20-18-,21-19-. The Labute approximate surface area is 272 Å². The van der Waals surface area contributed by atoms with Crippen LogP contribution >= 0.6 is 7.82 Å². The highest BCUT2D eigenvalue weighted by atomic mass is 31.2.